The molecule has 0 aromatic carbocycles. The van der Waals surface area contributed by atoms with Crippen LogP contribution in [-0.2, 0) is 28.6 Å². The lowest BCUT2D eigenvalue weighted by Crippen LogP contribution is -2.65. The topological polar surface area (TPSA) is 78.9 Å². The minimum Gasteiger partial charge on any atom is -0.463 e. The molecule has 2 saturated heterocycles. The molecule has 8 heteroatoms. The highest BCUT2D eigenvalue weighted by atomic mass is 28.3. The molecular formula is C25H46O6Si2. The number of hydrogen-bond acceptors (Lipinski definition) is 6. The van der Waals surface area contributed by atoms with E-state index >= 15 is 0 Å². The Hall–Kier alpha value is -0.996. The summed E-state index contributed by atoms with van der Waals surface area (Å²) >= 11 is 0. The zero-order valence-electron chi connectivity index (χ0n) is 22.9. The summed E-state index contributed by atoms with van der Waals surface area (Å²) in [5.74, 6) is -3.23. The second kappa shape index (κ2) is 8.90. The first-order chi connectivity index (χ1) is 14.8. The fourth-order valence-electron chi connectivity index (χ4n) is 5.54. The molecule has 2 fully saturated rings. The van der Waals surface area contributed by atoms with Crippen LogP contribution >= 0.6 is 0 Å². The number of carbonyl (C=O) groups is 3. The predicted octanol–water partition coefficient (Wildman–Crippen LogP) is 5.44. The molecule has 6 unspecified atom stereocenters. The second-order valence-electron chi connectivity index (χ2n) is 13.1. The summed E-state index contributed by atoms with van der Waals surface area (Å²) in [6.07, 6.45) is 0.896. The van der Waals surface area contributed by atoms with E-state index in [4.69, 9.17) is 14.2 Å². The van der Waals surface area contributed by atoms with Crippen LogP contribution in [0.2, 0.25) is 44.3 Å². The van der Waals surface area contributed by atoms with E-state index in [1.807, 2.05) is 13.8 Å². The van der Waals surface area contributed by atoms with Gasteiger partial charge >= 0.3 is 17.9 Å². The summed E-state index contributed by atoms with van der Waals surface area (Å²) in [7, 11) is -3.82. The van der Waals surface area contributed by atoms with E-state index in [0.717, 1.165) is 0 Å². The Balaban J connectivity index is 2.53. The highest BCUT2D eigenvalue weighted by Gasteiger charge is 2.64. The average Bonchev–Trinajstić information content (AvgIpc) is 3.20. The van der Waals surface area contributed by atoms with Crippen molar-refractivity contribution >= 4 is 34.1 Å². The van der Waals surface area contributed by atoms with Crippen molar-refractivity contribution in [2.24, 2.45) is 23.2 Å². The molecule has 2 heterocycles. The smallest absolute Gasteiger partial charge is 0.318 e. The lowest BCUT2D eigenvalue weighted by atomic mass is 9.65. The lowest BCUT2D eigenvalue weighted by molar-refractivity contribution is -0.175. The van der Waals surface area contributed by atoms with Crippen molar-refractivity contribution < 1.29 is 28.6 Å². The van der Waals surface area contributed by atoms with Gasteiger partial charge in [0.15, 0.2) is 0 Å². The van der Waals surface area contributed by atoms with Crippen molar-refractivity contribution in [1.29, 1.82) is 0 Å². The zero-order chi connectivity index (χ0) is 25.8. The van der Waals surface area contributed by atoms with Gasteiger partial charge in [-0.05, 0) is 38.7 Å². The Morgan fingerprint density at radius 2 is 1.55 bits per heavy atom. The van der Waals surface area contributed by atoms with Gasteiger partial charge in [0.05, 0.1) is 44.7 Å². The van der Waals surface area contributed by atoms with E-state index in [2.05, 4.69) is 60.1 Å². The molecule has 0 aliphatic carbocycles. The quantitative estimate of drug-likeness (QED) is 0.252. The molecule has 2 aliphatic heterocycles. The van der Waals surface area contributed by atoms with Gasteiger partial charge in [-0.25, -0.2) is 0 Å². The van der Waals surface area contributed by atoms with Crippen molar-refractivity contribution in [2.45, 2.75) is 110 Å². The van der Waals surface area contributed by atoms with Gasteiger partial charge in [-0.3, -0.25) is 14.4 Å². The molecule has 0 spiro atoms. The van der Waals surface area contributed by atoms with Gasteiger partial charge in [-0.15, -0.1) is 0 Å². The highest BCUT2D eigenvalue weighted by molar-refractivity contribution is 6.85. The first kappa shape index (κ1) is 28.2. The van der Waals surface area contributed by atoms with Crippen LogP contribution < -0.4 is 0 Å². The van der Waals surface area contributed by atoms with E-state index in [1.165, 1.54) is 0 Å². The summed E-state index contributed by atoms with van der Waals surface area (Å²) in [5, 5.41) is -0.849. The molecule has 6 nitrogen and oxygen atoms in total. The SMILES string of the molecule is CCC(C)(C(=O)OC(C)(C(C)(C)[Si](C)(C)C)[Si](C)(C)C)C1C(=O)OC(=O)C1C1CCOC1C. The fraction of sp³-hybridized carbons (Fsp3) is 0.880. The van der Waals surface area contributed by atoms with Crippen molar-refractivity contribution in [3.05, 3.63) is 0 Å². The third-order valence-electron chi connectivity index (χ3n) is 9.67. The van der Waals surface area contributed by atoms with Crippen LogP contribution in [-0.4, -0.2) is 52.0 Å². The Kier molecular flexibility index (Phi) is 7.62. The van der Waals surface area contributed by atoms with Crippen molar-refractivity contribution in [2.75, 3.05) is 6.61 Å². The molecule has 0 aromatic rings. The Bertz CT molecular complexity index is 796. The molecule has 0 aromatic heterocycles. The predicted molar refractivity (Wildman–Crippen MR) is 135 cm³/mol. The van der Waals surface area contributed by atoms with E-state index in [9.17, 15) is 14.4 Å². The van der Waals surface area contributed by atoms with Crippen LogP contribution in [0, 0.1) is 23.2 Å². The van der Waals surface area contributed by atoms with Crippen molar-refractivity contribution in [1.82, 2.24) is 0 Å². The number of ether oxygens (including phenoxy) is 3. The van der Waals surface area contributed by atoms with Gasteiger partial charge < -0.3 is 14.2 Å². The number of carbonyl (C=O) groups excluding carboxylic acids is 3. The minimum absolute atomic E-state index is 0.144. The van der Waals surface area contributed by atoms with Crippen LogP contribution in [0.5, 0.6) is 0 Å². The Labute approximate surface area is 202 Å². The minimum atomic E-state index is -2.05. The molecule has 0 saturated carbocycles. The third-order valence-corrected chi connectivity index (χ3v) is 17.7. The number of hydrogen-bond donors (Lipinski definition) is 0. The van der Waals surface area contributed by atoms with Gasteiger partial charge in [0, 0.05) is 12.5 Å². The fourth-order valence-corrected chi connectivity index (χ4v) is 11.5. The van der Waals surface area contributed by atoms with Crippen LogP contribution in [0.4, 0.5) is 0 Å². The molecule has 2 aliphatic rings. The van der Waals surface area contributed by atoms with E-state index < -0.39 is 56.5 Å². The van der Waals surface area contributed by atoms with Crippen LogP contribution in [0.15, 0.2) is 0 Å². The summed E-state index contributed by atoms with van der Waals surface area (Å²) in [6, 6.07) is 0. The monoisotopic (exact) mass is 498 g/mol. The van der Waals surface area contributed by atoms with Crippen molar-refractivity contribution in [3.8, 4) is 0 Å². The van der Waals surface area contributed by atoms with Crippen LogP contribution in [0.3, 0.4) is 0 Å². The summed E-state index contributed by atoms with van der Waals surface area (Å²) < 4.78 is 17.4. The molecule has 33 heavy (non-hydrogen) atoms. The van der Waals surface area contributed by atoms with Gasteiger partial charge in [-0.1, -0.05) is 60.1 Å². The van der Waals surface area contributed by atoms with Gasteiger partial charge in [0.25, 0.3) is 0 Å². The Morgan fingerprint density at radius 1 is 1.00 bits per heavy atom. The molecule has 0 N–H and O–H groups in total. The van der Waals surface area contributed by atoms with Gasteiger partial charge in [0.1, 0.15) is 0 Å². The molecule has 2 rings (SSSR count). The third kappa shape index (κ3) is 4.51. The second-order valence-corrected chi connectivity index (χ2v) is 24.3. The number of esters is 3. The Morgan fingerprint density at radius 3 is 1.94 bits per heavy atom. The maximum Gasteiger partial charge on any atom is 0.318 e. The standard InChI is InChI=1S/C25H46O6Si2/c1-13-24(5,19-18(20(26)30-21(19)27)17-14-15-29-16(17)2)22(28)31-25(6,33(10,11)12)23(3,4)32(7,8)9/h16-19H,13-15H2,1-12H3. The molecule has 6 atom stereocenters. The zero-order valence-corrected chi connectivity index (χ0v) is 24.9. The van der Waals surface area contributed by atoms with Gasteiger partial charge in [-0.2, -0.15) is 0 Å². The highest BCUT2D eigenvalue weighted by Crippen LogP contribution is 2.55. The first-order valence-electron chi connectivity index (χ1n) is 12.4. The van der Waals surface area contributed by atoms with E-state index in [1.54, 1.807) is 6.92 Å². The number of cyclic esters (lactones) is 2. The molecular weight excluding hydrogens is 452 g/mol. The number of rotatable bonds is 8. The summed E-state index contributed by atoms with van der Waals surface area (Å²) in [4.78, 5) is 39.9. The van der Waals surface area contributed by atoms with E-state index in [-0.39, 0.29) is 17.1 Å². The van der Waals surface area contributed by atoms with Crippen molar-refractivity contribution in [3.63, 3.8) is 0 Å². The van der Waals surface area contributed by atoms with Crippen LogP contribution in [0.1, 0.15) is 54.4 Å². The maximum atomic E-state index is 14.1. The lowest BCUT2D eigenvalue weighted by Gasteiger charge is -2.56. The summed E-state index contributed by atoms with van der Waals surface area (Å²) in [5.41, 5.74) is -1.16. The van der Waals surface area contributed by atoms with Gasteiger partial charge in [0.2, 0.25) is 0 Å². The normalized spacial score (nSPS) is 30.5. The summed E-state index contributed by atoms with van der Waals surface area (Å²) in [6.45, 7) is 26.3. The molecule has 0 amide bonds. The maximum absolute atomic E-state index is 14.1. The largest absolute Gasteiger partial charge is 0.463 e. The average molecular weight is 499 g/mol. The molecule has 0 radical (unpaired) electrons. The molecule has 190 valence electrons. The first-order valence-corrected chi connectivity index (χ1v) is 19.4. The van der Waals surface area contributed by atoms with Crippen LogP contribution in [0.25, 0.3) is 0 Å². The van der Waals surface area contributed by atoms with E-state index in [0.29, 0.717) is 19.4 Å². The molecule has 0 bridgehead atoms.